The van der Waals surface area contributed by atoms with E-state index in [1.54, 1.807) is 4.90 Å². The summed E-state index contributed by atoms with van der Waals surface area (Å²) in [6, 6.07) is 3.00. The first-order valence-corrected chi connectivity index (χ1v) is 5.58. The average molecular weight is 253 g/mol. The van der Waals surface area contributed by atoms with E-state index in [0.29, 0.717) is 13.1 Å². The van der Waals surface area contributed by atoms with Crippen LogP contribution in [0.2, 0.25) is 0 Å². The van der Waals surface area contributed by atoms with Crippen LogP contribution in [0.25, 0.3) is 0 Å². The smallest absolute Gasteiger partial charge is 0.321 e. The fourth-order valence-electron chi connectivity index (χ4n) is 1.86. The van der Waals surface area contributed by atoms with Crippen LogP contribution in [-0.2, 0) is 0 Å². The zero-order chi connectivity index (χ0) is 13.1. The lowest BCUT2D eigenvalue weighted by Gasteiger charge is -2.16. The van der Waals surface area contributed by atoms with Crippen LogP contribution in [0.1, 0.15) is 12.8 Å². The Morgan fingerprint density at radius 2 is 2.06 bits per heavy atom. The molecule has 1 aliphatic heterocycles. The minimum absolute atomic E-state index is 0.218. The second-order valence-corrected chi connectivity index (χ2v) is 4.05. The van der Waals surface area contributed by atoms with Gasteiger partial charge in [0.25, 0.3) is 0 Å². The van der Waals surface area contributed by atoms with E-state index in [4.69, 9.17) is 0 Å². The lowest BCUT2D eigenvalue weighted by Crippen LogP contribution is -2.32. The molecule has 0 radical (unpaired) electrons. The summed E-state index contributed by atoms with van der Waals surface area (Å²) in [5.74, 6) is -0.959. The number of benzene rings is 1. The Labute approximate surface area is 103 Å². The summed E-state index contributed by atoms with van der Waals surface area (Å²) < 4.78 is 13.3. The Morgan fingerprint density at radius 1 is 1.39 bits per heavy atom. The molecule has 0 aromatic heterocycles. The minimum Gasteiger partial charge on any atom is -0.325 e. The maximum atomic E-state index is 13.3. The highest BCUT2D eigenvalue weighted by Crippen LogP contribution is 2.21. The van der Waals surface area contributed by atoms with Gasteiger partial charge in [0, 0.05) is 30.9 Å². The first kappa shape index (κ1) is 12.3. The largest absolute Gasteiger partial charge is 0.325 e. The Morgan fingerprint density at radius 3 is 2.61 bits per heavy atom. The van der Waals surface area contributed by atoms with Gasteiger partial charge in [-0.1, -0.05) is 0 Å². The maximum Gasteiger partial charge on any atom is 0.321 e. The normalized spacial score (nSPS) is 14.6. The van der Waals surface area contributed by atoms with E-state index in [0.717, 1.165) is 25.0 Å². The van der Waals surface area contributed by atoms with E-state index in [1.165, 1.54) is 6.07 Å². The number of rotatable bonds is 2. The van der Waals surface area contributed by atoms with Gasteiger partial charge in [-0.05, 0) is 18.9 Å². The summed E-state index contributed by atoms with van der Waals surface area (Å²) >= 11 is 0. The second kappa shape index (κ2) is 4.99. The van der Waals surface area contributed by atoms with Crippen molar-refractivity contribution in [1.29, 1.82) is 0 Å². The molecule has 1 fully saturated rings. The number of nitro benzene ring substituents is 1. The second-order valence-electron chi connectivity index (χ2n) is 4.05. The molecule has 7 heteroatoms. The fraction of sp³-hybridized carbons (Fsp3) is 0.364. The highest BCUT2D eigenvalue weighted by atomic mass is 19.1. The zero-order valence-corrected chi connectivity index (χ0v) is 9.56. The van der Waals surface area contributed by atoms with Gasteiger partial charge in [-0.25, -0.2) is 4.79 Å². The minimum atomic E-state index is -0.959. The van der Waals surface area contributed by atoms with Gasteiger partial charge in [0.05, 0.1) is 4.92 Å². The molecule has 2 amide bonds. The van der Waals surface area contributed by atoms with Crippen molar-refractivity contribution in [1.82, 2.24) is 4.90 Å². The number of hydrogen-bond acceptors (Lipinski definition) is 3. The molecule has 0 atom stereocenters. The van der Waals surface area contributed by atoms with Gasteiger partial charge < -0.3 is 10.2 Å². The van der Waals surface area contributed by atoms with Gasteiger partial charge in [-0.15, -0.1) is 0 Å². The number of anilines is 1. The Kier molecular flexibility index (Phi) is 3.40. The molecule has 6 nitrogen and oxygen atoms in total. The Hall–Kier alpha value is -2.18. The number of nitro groups is 1. The van der Waals surface area contributed by atoms with Crippen LogP contribution in [-0.4, -0.2) is 28.9 Å². The van der Waals surface area contributed by atoms with Crippen molar-refractivity contribution in [2.45, 2.75) is 12.8 Å². The summed E-state index contributed by atoms with van der Waals surface area (Å²) in [6.45, 7) is 1.36. The van der Waals surface area contributed by atoms with Gasteiger partial charge in [0.1, 0.15) is 0 Å². The summed E-state index contributed by atoms with van der Waals surface area (Å²) in [5, 5.41) is 12.9. The van der Waals surface area contributed by atoms with Crippen LogP contribution in [0.3, 0.4) is 0 Å². The lowest BCUT2D eigenvalue weighted by atomic mass is 10.2. The number of nitrogens with one attached hydrogen (secondary N) is 1. The molecule has 96 valence electrons. The topological polar surface area (TPSA) is 75.5 Å². The van der Waals surface area contributed by atoms with Crippen LogP contribution in [0.5, 0.6) is 0 Å². The third-order valence-corrected chi connectivity index (χ3v) is 2.79. The van der Waals surface area contributed by atoms with E-state index in [1.807, 2.05) is 0 Å². The molecule has 2 rings (SSSR count). The van der Waals surface area contributed by atoms with Crippen LogP contribution in [0.4, 0.5) is 20.6 Å². The molecule has 1 aromatic rings. The van der Waals surface area contributed by atoms with Gasteiger partial charge in [-0.2, -0.15) is 4.39 Å². The zero-order valence-electron chi connectivity index (χ0n) is 9.56. The van der Waals surface area contributed by atoms with Crippen molar-refractivity contribution in [3.63, 3.8) is 0 Å². The highest BCUT2D eigenvalue weighted by molar-refractivity contribution is 5.89. The van der Waals surface area contributed by atoms with Gasteiger partial charge >= 0.3 is 11.7 Å². The van der Waals surface area contributed by atoms with E-state index < -0.39 is 16.4 Å². The molecule has 1 saturated heterocycles. The lowest BCUT2D eigenvalue weighted by molar-refractivity contribution is -0.387. The SMILES string of the molecule is O=C(Nc1ccc([N+](=O)[O-])c(F)c1)N1CCCC1. The number of amides is 2. The first-order valence-electron chi connectivity index (χ1n) is 5.58. The number of nitrogens with zero attached hydrogens (tertiary/aromatic N) is 2. The molecule has 0 unspecified atom stereocenters. The van der Waals surface area contributed by atoms with Gasteiger partial charge in [0.2, 0.25) is 5.82 Å². The van der Waals surface area contributed by atoms with E-state index in [2.05, 4.69) is 5.32 Å². The number of likely N-dealkylation sites (tertiary alicyclic amines) is 1. The van der Waals surface area contributed by atoms with E-state index >= 15 is 0 Å². The molecule has 18 heavy (non-hydrogen) atoms. The quantitative estimate of drug-likeness (QED) is 0.649. The third kappa shape index (κ3) is 2.55. The fourth-order valence-corrected chi connectivity index (χ4v) is 1.86. The predicted molar refractivity (Wildman–Crippen MR) is 62.9 cm³/mol. The predicted octanol–water partition coefficient (Wildman–Crippen LogP) is 2.36. The van der Waals surface area contributed by atoms with Crippen LogP contribution >= 0.6 is 0 Å². The van der Waals surface area contributed by atoms with Crippen molar-refractivity contribution in [2.24, 2.45) is 0 Å². The molecule has 1 heterocycles. The Balaban J connectivity index is 2.07. The van der Waals surface area contributed by atoms with Crippen molar-refractivity contribution >= 4 is 17.4 Å². The molecule has 1 N–H and O–H groups in total. The van der Waals surface area contributed by atoms with Crippen molar-refractivity contribution in [2.75, 3.05) is 18.4 Å². The average Bonchev–Trinajstić information content (AvgIpc) is 2.81. The summed E-state index contributed by atoms with van der Waals surface area (Å²) in [6.07, 6.45) is 1.92. The summed E-state index contributed by atoms with van der Waals surface area (Å²) in [7, 11) is 0. The molecular weight excluding hydrogens is 241 g/mol. The molecule has 0 aliphatic carbocycles. The molecular formula is C11H12FN3O3. The van der Waals surface area contributed by atoms with Crippen LogP contribution < -0.4 is 5.32 Å². The van der Waals surface area contributed by atoms with Gasteiger partial charge in [-0.3, -0.25) is 10.1 Å². The number of urea groups is 1. The maximum absolute atomic E-state index is 13.3. The number of carbonyl (C=O) groups excluding carboxylic acids is 1. The molecule has 0 bridgehead atoms. The summed E-state index contributed by atoms with van der Waals surface area (Å²) in [5.41, 5.74) is -0.385. The van der Waals surface area contributed by atoms with Crippen molar-refractivity contribution in [3.8, 4) is 0 Å². The van der Waals surface area contributed by atoms with Crippen molar-refractivity contribution < 1.29 is 14.1 Å². The molecule has 0 spiro atoms. The van der Waals surface area contributed by atoms with E-state index in [-0.39, 0.29) is 11.7 Å². The van der Waals surface area contributed by atoms with Gasteiger partial charge in [0.15, 0.2) is 0 Å². The number of halogens is 1. The van der Waals surface area contributed by atoms with Crippen LogP contribution in [0.15, 0.2) is 18.2 Å². The highest BCUT2D eigenvalue weighted by Gasteiger charge is 2.19. The molecule has 0 saturated carbocycles. The first-order chi connectivity index (χ1) is 8.58. The van der Waals surface area contributed by atoms with E-state index in [9.17, 15) is 19.3 Å². The molecule has 1 aromatic carbocycles. The molecule has 1 aliphatic rings. The Bertz CT molecular complexity index is 486. The van der Waals surface area contributed by atoms with Crippen molar-refractivity contribution in [3.05, 3.63) is 34.1 Å². The summed E-state index contributed by atoms with van der Waals surface area (Å²) in [4.78, 5) is 23.0. The third-order valence-electron chi connectivity index (χ3n) is 2.79. The monoisotopic (exact) mass is 253 g/mol. The number of carbonyl (C=O) groups is 1. The number of hydrogen-bond donors (Lipinski definition) is 1. The standard InChI is InChI=1S/C11H12FN3O3/c12-9-7-8(3-4-10(9)15(17)18)13-11(16)14-5-1-2-6-14/h3-4,7H,1-2,5-6H2,(H,13,16). The van der Waals surface area contributed by atoms with Crippen LogP contribution in [0, 0.1) is 15.9 Å².